The van der Waals surface area contributed by atoms with E-state index in [0.29, 0.717) is 18.5 Å². The molecule has 1 aliphatic rings. The Hall–Kier alpha value is -2.41. The summed E-state index contributed by atoms with van der Waals surface area (Å²) >= 11 is 0. The maximum atomic E-state index is 12.2. The number of hydrogen-bond donors (Lipinski definition) is 2. The van der Waals surface area contributed by atoms with Crippen LogP contribution in [0.3, 0.4) is 0 Å². The third-order valence-electron chi connectivity index (χ3n) is 4.33. The molecule has 0 unspecified atom stereocenters. The number of amides is 1. The summed E-state index contributed by atoms with van der Waals surface area (Å²) in [6.45, 7) is 4.21. The molecule has 0 radical (unpaired) electrons. The van der Waals surface area contributed by atoms with Gasteiger partial charge in [-0.05, 0) is 31.9 Å². The molecule has 24 heavy (non-hydrogen) atoms. The highest BCUT2D eigenvalue weighted by Crippen LogP contribution is 2.24. The molecule has 1 amide bonds. The molecule has 0 aromatic carbocycles. The molecule has 2 aromatic rings. The smallest absolute Gasteiger partial charge is 0.254 e. The summed E-state index contributed by atoms with van der Waals surface area (Å²) in [5.41, 5.74) is -0.440. The van der Waals surface area contributed by atoms with Crippen LogP contribution in [0.2, 0.25) is 0 Å². The van der Waals surface area contributed by atoms with E-state index in [1.165, 1.54) is 0 Å². The van der Waals surface area contributed by atoms with Gasteiger partial charge in [0, 0.05) is 38.6 Å². The van der Waals surface area contributed by atoms with Crippen molar-refractivity contribution < 1.29 is 9.90 Å². The highest BCUT2D eigenvalue weighted by atomic mass is 16.3. The van der Waals surface area contributed by atoms with E-state index in [0.717, 1.165) is 25.3 Å². The van der Waals surface area contributed by atoms with Crippen molar-refractivity contribution >= 4 is 11.7 Å². The van der Waals surface area contributed by atoms with Crippen molar-refractivity contribution in [1.29, 1.82) is 0 Å². The van der Waals surface area contributed by atoms with Crippen molar-refractivity contribution in [2.45, 2.75) is 31.9 Å². The number of nitrogens with zero attached hydrogens (tertiary/aromatic N) is 4. The van der Waals surface area contributed by atoms with Gasteiger partial charge in [-0.25, -0.2) is 4.98 Å². The monoisotopic (exact) mass is 329 g/mol. The Bertz CT molecular complexity index is 687. The quantitative estimate of drug-likeness (QED) is 0.857. The van der Waals surface area contributed by atoms with Gasteiger partial charge in [0.2, 0.25) is 0 Å². The Labute approximate surface area is 141 Å². The van der Waals surface area contributed by atoms with E-state index in [2.05, 4.69) is 20.3 Å². The lowest BCUT2D eigenvalue weighted by Crippen LogP contribution is -2.54. The first-order valence-electron chi connectivity index (χ1n) is 8.29. The minimum absolute atomic E-state index is 0.210. The maximum Gasteiger partial charge on any atom is 0.254 e. The van der Waals surface area contributed by atoms with E-state index < -0.39 is 5.60 Å². The predicted octanol–water partition coefficient (Wildman–Crippen LogP) is 1.06. The Morgan fingerprint density at radius 1 is 1.46 bits per heavy atom. The van der Waals surface area contributed by atoms with E-state index >= 15 is 0 Å². The van der Waals surface area contributed by atoms with Crippen LogP contribution in [0.1, 0.15) is 30.1 Å². The lowest BCUT2D eigenvalue weighted by Gasteiger charge is -2.39. The first kappa shape index (κ1) is 16.4. The largest absolute Gasteiger partial charge is 0.386 e. The minimum Gasteiger partial charge on any atom is -0.386 e. The van der Waals surface area contributed by atoms with Gasteiger partial charge in [-0.3, -0.25) is 9.48 Å². The van der Waals surface area contributed by atoms with Gasteiger partial charge in [0.15, 0.2) is 0 Å². The number of β-amino-alcohol motifs (C(OH)–C–C–N with tert-alkyl or cyclic N) is 1. The molecule has 2 aromatic heterocycles. The Balaban J connectivity index is 1.60. The van der Waals surface area contributed by atoms with Gasteiger partial charge >= 0.3 is 0 Å². The second-order valence-corrected chi connectivity index (χ2v) is 6.20. The molecule has 2 N–H and O–H groups in total. The summed E-state index contributed by atoms with van der Waals surface area (Å²) in [7, 11) is 0. The lowest BCUT2D eigenvalue weighted by molar-refractivity contribution is 0.0254. The summed E-state index contributed by atoms with van der Waals surface area (Å²) in [5, 5.41) is 17.8. The summed E-state index contributed by atoms with van der Waals surface area (Å²) in [6.07, 6.45) is 6.52. The fourth-order valence-corrected chi connectivity index (χ4v) is 2.99. The molecule has 1 fully saturated rings. The maximum absolute atomic E-state index is 12.2. The van der Waals surface area contributed by atoms with Crippen LogP contribution in [0.4, 0.5) is 5.82 Å². The van der Waals surface area contributed by atoms with Gasteiger partial charge in [0.25, 0.3) is 5.91 Å². The third-order valence-corrected chi connectivity index (χ3v) is 4.33. The van der Waals surface area contributed by atoms with Crippen LogP contribution in [-0.4, -0.2) is 51.0 Å². The lowest BCUT2D eigenvalue weighted by atomic mass is 9.92. The zero-order valence-corrected chi connectivity index (χ0v) is 13.9. The highest BCUT2D eigenvalue weighted by Gasteiger charge is 2.34. The molecule has 0 spiro atoms. The van der Waals surface area contributed by atoms with Crippen LogP contribution >= 0.6 is 0 Å². The number of rotatable bonds is 5. The van der Waals surface area contributed by atoms with Crippen LogP contribution in [0.5, 0.6) is 0 Å². The van der Waals surface area contributed by atoms with Gasteiger partial charge in [0.1, 0.15) is 5.82 Å². The summed E-state index contributed by atoms with van der Waals surface area (Å²) < 4.78 is 1.70. The Morgan fingerprint density at radius 2 is 2.33 bits per heavy atom. The molecule has 0 saturated carbocycles. The van der Waals surface area contributed by atoms with Crippen LogP contribution in [0, 0.1) is 0 Å². The number of aliphatic hydroxyl groups is 1. The van der Waals surface area contributed by atoms with Crippen LogP contribution in [0.25, 0.3) is 0 Å². The van der Waals surface area contributed by atoms with Crippen molar-refractivity contribution in [1.82, 2.24) is 20.1 Å². The molecule has 1 aliphatic heterocycles. The van der Waals surface area contributed by atoms with Crippen molar-refractivity contribution in [2.24, 2.45) is 0 Å². The molecular formula is C17H23N5O2. The fraction of sp³-hybridized carbons (Fsp3) is 0.471. The number of anilines is 1. The average molecular weight is 329 g/mol. The van der Waals surface area contributed by atoms with E-state index in [9.17, 15) is 9.90 Å². The SMILES string of the molecule is CCn1cc(C(=O)NC[C@@]2(O)CCCN(c3ccccn3)C2)cn1. The molecule has 0 aliphatic carbocycles. The number of pyridine rings is 1. The molecule has 1 atom stereocenters. The molecule has 7 nitrogen and oxygen atoms in total. The molecular weight excluding hydrogens is 306 g/mol. The number of aromatic nitrogens is 3. The predicted molar refractivity (Wildman–Crippen MR) is 90.9 cm³/mol. The molecule has 3 heterocycles. The highest BCUT2D eigenvalue weighted by molar-refractivity contribution is 5.93. The first-order chi connectivity index (χ1) is 11.6. The fourth-order valence-electron chi connectivity index (χ4n) is 2.99. The molecule has 128 valence electrons. The topological polar surface area (TPSA) is 83.3 Å². The first-order valence-corrected chi connectivity index (χ1v) is 8.29. The second-order valence-electron chi connectivity index (χ2n) is 6.20. The van der Waals surface area contributed by atoms with Gasteiger partial charge in [-0.2, -0.15) is 5.10 Å². The summed E-state index contributed by atoms with van der Waals surface area (Å²) in [4.78, 5) is 18.6. The Kier molecular flexibility index (Phi) is 4.80. The number of piperidine rings is 1. The van der Waals surface area contributed by atoms with Crippen molar-refractivity contribution in [3.63, 3.8) is 0 Å². The number of carbonyl (C=O) groups excluding carboxylic acids is 1. The average Bonchev–Trinajstić information content (AvgIpc) is 3.10. The zero-order chi connectivity index (χ0) is 17.0. The van der Waals surface area contributed by atoms with E-state index in [1.807, 2.05) is 25.1 Å². The van der Waals surface area contributed by atoms with Gasteiger partial charge in [0.05, 0.1) is 17.4 Å². The van der Waals surface area contributed by atoms with Crippen molar-refractivity contribution in [3.05, 3.63) is 42.4 Å². The summed E-state index contributed by atoms with van der Waals surface area (Å²) in [5.74, 6) is 0.643. The number of hydrogen-bond acceptors (Lipinski definition) is 5. The van der Waals surface area contributed by atoms with Gasteiger partial charge in [-0.1, -0.05) is 6.07 Å². The van der Waals surface area contributed by atoms with E-state index in [1.54, 1.807) is 23.3 Å². The van der Waals surface area contributed by atoms with Crippen LogP contribution < -0.4 is 10.2 Å². The van der Waals surface area contributed by atoms with Crippen molar-refractivity contribution in [3.8, 4) is 0 Å². The summed E-state index contributed by atoms with van der Waals surface area (Å²) in [6, 6.07) is 5.74. The standard InChI is InChI=1S/C17H23N5O2/c1-2-22-11-14(10-20-22)16(23)19-12-17(24)7-5-9-21(13-17)15-6-3-4-8-18-15/h3-4,6,8,10-11,24H,2,5,7,9,12-13H2,1H3,(H,19,23)/t17-/m0/s1. The second kappa shape index (κ2) is 7.00. The van der Waals surface area contributed by atoms with E-state index in [-0.39, 0.29) is 12.5 Å². The normalized spacial score (nSPS) is 20.8. The van der Waals surface area contributed by atoms with Crippen LogP contribution in [-0.2, 0) is 6.54 Å². The molecule has 7 heteroatoms. The number of aryl methyl sites for hydroxylation is 1. The molecule has 3 rings (SSSR count). The third kappa shape index (κ3) is 3.73. The number of nitrogens with one attached hydrogen (secondary N) is 1. The number of carbonyl (C=O) groups is 1. The molecule has 0 bridgehead atoms. The van der Waals surface area contributed by atoms with Crippen molar-refractivity contribution in [2.75, 3.05) is 24.5 Å². The zero-order valence-electron chi connectivity index (χ0n) is 13.9. The Morgan fingerprint density at radius 3 is 3.04 bits per heavy atom. The van der Waals surface area contributed by atoms with Crippen LogP contribution in [0.15, 0.2) is 36.8 Å². The van der Waals surface area contributed by atoms with Gasteiger partial charge < -0.3 is 15.3 Å². The minimum atomic E-state index is -0.952. The van der Waals surface area contributed by atoms with E-state index in [4.69, 9.17) is 0 Å². The molecule has 1 saturated heterocycles. The van der Waals surface area contributed by atoms with Gasteiger partial charge in [-0.15, -0.1) is 0 Å².